The zero-order valence-corrected chi connectivity index (χ0v) is 10.9. The van der Waals surface area contributed by atoms with Gasteiger partial charge in [-0.3, -0.25) is 9.59 Å². The van der Waals surface area contributed by atoms with Gasteiger partial charge < -0.3 is 15.4 Å². The van der Waals surface area contributed by atoms with Gasteiger partial charge in [0.25, 0.3) is 11.8 Å². The summed E-state index contributed by atoms with van der Waals surface area (Å²) in [5, 5.41) is 5.51. The molecule has 0 spiro atoms. The number of ether oxygens (including phenoxy) is 1. The molecule has 2 amide bonds. The lowest BCUT2D eigenvalue weighted by molar-refractivity contribution is -0.124. The zero-order valence-electron chi connectivity index (χ0n) is 10.9. The highest BCUT2D eigenvalue weighted by atomic mass is 16.5. The molecule has 5 heteroatoms. The van der Waals surface area contributed by atoms with Crippen molar-refractivity contribution in [2.24, 2.45) is 0 Å². The molecule has 2 N–H and O–H groups in total. The molecule has 1 unspecified atom stereocenters. The van der Waals surface area contributed by atoms with Crippen LogP contribution in [0.1, 0.15) is 30.1 Å². The Balaban J connectivity index is 1.94. The fraction of sp³-hybridized carbons (Fsp3) is 0.429. The summed E-state index contributed by atoms with van der Waals surface area (Å²) in [7, 11) is 0. The van der Waals surface area contributed by atoms with Crippen LogP contribution in [0.25, 0.3) is 0 Å². The van der Waals surface area contributed by atoms with Crippen molar-refractivity contribution in [3.05, 3.63) is 29.8 Å². The Morgan fingerprint density at radius 2 is 2.05 bits per heavy atom. The normalized spacial score (nSPS) is 18.1. The van der Waals surface area contributed by atoms with E-state index in [0.29, 0.717) is 24.4 Å². The van der Waals surface area contributed by atoms with Crippen LogP contribution in [0.4, 0.5) is 5.69 Å². The lowest BCUT2D eigenvalue weighted by Crippen LogP contribution is -2.27. The molecule has 0 aromatic heterocycles. The monoisotopic (exact) mass is 262 g/mol. The van der Waals surface area contributed by atoms with E-state index in [-0.39, 0.29) is 17.9 Å². The Kier molecular flexibility index (Phi) is 4.52. The predicted molar refractivity (Wildman–Crippen MR) is 72.1 cm³/mol. The van der Waals surface area contributed by atoms with E-state index in [0.717, 1.165) is 12.8 Å². The molecule has 1 aliphatic rings. The van der Waals surface area contributed by atoms with Crippen molar-refractivity contribution in [3.63, 3.8) is 0 Å². The van der Waals surface area contributed by atoms with Crippen molar-refractivity contribution in [1.82, 2.24) is 5.32 Å². The predicted octanol–water partition coefficient (Wildman–Crippen LogP) is 1.55. The van der Waals surface area contributed by atoms with Crippen LogP contribution in [-0.4, -0.2) is 31.1 Å². The SMILES string of the molecule is CCNC(=O)c1ccc(NC(=O)C2CCCO2)cc1. The topological polar surface area (TPSA) is 67.4 Å². The molecule has 1 saturated heterocycles. The van der Waals surface area contributed by atoms with Crippen molar-refractivity contribution < 1.29 is 14.3 Å². The Bertz CT molecular complexity index is 450. The summed E-state index contributed by atoms with van der Waals surface area (Å²) in [4.78, 5) is 23.4. The van der Waals surface area contributed by atoms with Crippen LogP contribution in [0.15, 0.2) is 24.3 Å². The molecule has 5 nitrogen and oxygen atoms in total. The Labute approximate surface area is 112 Å². The van der Waals surface area contributed by atoms with Crippen LogP contribution in [0.5, 0.6) is 0 Å². The van der Waals surface area contributed by atoms with Crippen LogP contribution < -0.4 is 10.6 Å². The summed E-state index contributed by atoms with van der Waals surface area (Å²) in [5.74, 6) is -0.234. The summed E-state index contributed by atoms with van der Waals surface area (Å²) < 4.78 is 5.30. The fourth-order valence-electron chi connectivity index (χ4n) is 1.97. The molecule has 19 heavy (non-hydrogen) atoms. The number of carbonyl (C=O) groups excluding carboxylic acids is 2. The first-order valence-electron chi connectivity index (χ1n) is 6.51. The number of nitrogens with one attached hydrogen (secondary N) is 2. The van der Waals surface area contributed by atoms with Gasteiger partial charge in [0.05, 0.1) is 0 Å². The molecule has 1 heterocycles. The number of rotatable bonds is 4. The lowest BCUT2D eigenvalue weighted by atomic mass is 10.2. The van der Waals surface area contributed by atoms with Crippen LogP contribution in [0.2, 0.25) is 0 Å². The first-order valence-corrected chi connectivity index (χ1v) is 6.51. The van der Waals surface area contributed by atoms with Gasteiger partial charge in [-0.1, -0.05) is 0 Å². The van der Waals surface area contributed by atoms with Crippen LogP contribution in [-0.2, 0) is 9.53 Å². The average molecular weight is 262 g/mol. The first-order chi connectivity index (χ1) is 9.20. The average Bonchev–Trinajstić information content (AvgIpc) is 2.94. The fourth-order valence-corrected chi connectivity index (χ4v) is 1.97. The second kappa shape index (κ2) is 6.33. The van der Waals surface area contributed by atoms with E-state index in [1.54, 1.807) is 24.3 Å². The van der Waals surface area contributed by atoms with Gasteiger partial charge in [0, 0.05) is 24.4 Å². The van der Waals surface area contributed by atoms with Gasteiger partial charge in [-0.15, -0.1) is 0 Å². The molecule has 0 aliphatic carbocycles. The maximum absolute atomic E-state index is 11.8. The van der Waals surface area contributed by atoms with Crippen molar-refractivity contribution >= 4 is 17.5 Å². The molecule has 102 valence electrons. The van der Waals surface area contributed by atoms with Crippen molar-refractivity contribution in [1.29, 1.82) is 0 Å². The van der Waals surface area contributed by atoms with Gasteiger partial charge in [-0.2, -0.15) is 0 Å². The highest BCUT2D eigenvalue weighted by Crippen LogP contribution is 2.15. The number of carbonyl (C=O) groups is 2. The lowest BCUT2D eigenvalue weighted by Gasteiger charge is -2.10. The summed E-state index contributed by atoms with van der Waals surface area (Å²) in [6.07, 6.45) is 1.35. The second-order valence-corrected chi connectivity index (χ2v) is 4.43. The molecular formula is C14H18N2O3. The minimum absolute atomic E-state index is 0.112. The largest absolute Gasteiger partial charge is 0.368 e. The van der Waals surface area contributed by atoms with Gasteiger partial charge in [-0.05, 0) is 44.0 Å². The van der Waals surface area contributed by atoms with Crippen LogP contribution in [0.3, 0.4) is 0 Å². The van der Waals surface area contributed by atoms with E-state index in [2.05, 4.69) is 10.6 Å². The number of amides is 2. The third-order valence-corrected chi connectivity index (χ3v) is 2.97. The standard InChI is InChI=1S/C14H18N2O3/c1-2-15-13(17)10-5-7-11(8-6-10)16-14(18)12-4-3-9-19-12/h5-8,12H,2-4,9H2,1H3,(H,15,17)(H,16,18). The van der Waals surface area contributed by atoms with E-state index in [9.17, 15) is 9.59 Å². The van der Waals surface area contributed by atoms with E-state index in [4.69, 9.17) is 4.74 Å². The Hall–Kier alpha value is -1.88. The van der Waals surface area contributed by atoms with Crippen molar-refractivity contribution in [2.45, 2.75) is 25.9 Å². The maximum Gasteiger partial charge on any atom is 0.253 e. The highest BCUT2D eigenvalue weighted by Gasteiger charge is 2.23. The molecule has 1 aromatic carbocycles. The maximum atomic E-state index is 11.8. The summed E-state index contributed by atoms with van der Waals surface area (Å²) in [6, 6.07) is 6.82. The van der Waals surface area contributed by atoms with E-state index in [1.165, 1.54) is 0 Å². The molecule has 1 aliphatic heterocycles. The Morgan fingerprint density at radius 1 is 1.32 bits per heavy atom. The Morgan fingerprint density at radius 3 is 2.63 bits per heavy atom. The number of benzene rings is 1. The van der Waals surface area contributed by atoms with Gasteiger partial charge in [0.1, 0.15) is 6.10 Å². The minimum Gasteiger partial charge on any atom is -0.368 e. The highest BCUT2D eigenvalue weighted by molar-refractivity contribution is 5.96. The molecule has 1 aromatic rings. The van der Waals surface area contributed by atoms with Gasteiger partial charge in [-0.25, -0.2) is 0 Å². The minimum atomic E-state index is -0.344. The summed E-state index contributed by atoms with van der Waals surface area (Å²) >= 11 is 0. The third kappa shape index (κ3) is 3.54. The van der Waals surface area contributed by atoms with E-state index < -0.39 is 0 Å². The van der Waals surface area contributed by atoms with Gasteiger partial charge in [0.2, 0.25) is 0 Å². The molecule has 1 fully saturated rings. The van der Waals surface area contributed by atoms with Gasteiger partial charge >= 0.3 is 0 Å². The van der Waals surface area contributed by atoms with E-state index in [1.807, 2.05) is 6.92 Å². The van der Waals surface area contributed by atoms with Crippen molar-refractivity contribution in [2.75, 3.05) is 18.5 Å². The smallest absolute Gasteiger partial charge is 0.253 e. The van der Waals surface area contributed by atoms with Crippen LogP contribution >= 0.6 is 0 Å². The summed E-state index contributed by atoms with van der Waals surface area (Å²) in [5.41, 5.74) is 1.26. The van der Waals surface area contributed by atoms with Crippen LogP contribution in [0, 0.1) is 0 Å². The summed E-state index contributed by atoms with van der Waals surface area (Å²) in [6.45, 7) is 3.11. The van der Waals surface area contributed by atoms with E-state index >= 15 is 0 Å². The van der Waals surface area contributed by atoms with Crippen molar-refractivity contribution in [3.8, 4) is 0 Å². The van der Waals surface area contributed by atoms with Gasteiger partial charge in [0.15, 0.2) is 0 Å². The quantitative estimate of drug-likeness (QED) is 0.865. The molecule has 0 radical (unpaired) electrons. The first kappa shape index (κ1) is 13.5. The molecular weight excluding hydrogens is 244 g/mol. The number of hydrogen-bond donors (Lipinski definition) is 2. The zero-order chi connectivity index (χ0) is 13.7. The molecule has 2 rings (SSSR count). The number of hydrogen-bond acceptors (Lipinski definition) is 3. The molecule has 1 atom stereocenters. The second-order valence-electron chi connectivity index (χ2n) is 4.43. The molecule has 0 saturated carbocycles. The number of anilines is 1. The third-order valence-electron chi connectivity index (χ3n) is 2.97. The molecule has 0 bridgehead atoms.